The van der Waals surface area contributed by atoms with Gasteiger partial charge in [-0.2, -0.15) is 16.1 Å². The molecule has 3 unspecified atom stereocenters. The first-order valence-corrected chi connectivity index (χ1v) is 22.9. The Morgan fingerprint density at radius 3 is 2.46 bits per heavy atom. The number of aryl methyl sites for hydroxylation is 1. The van der Waals surface area contributed by atoms with E-state index in [-0.39, 0.29) is 12.0 Å². The summed E-state index contributed by atoms with van der Waals surface area (Å²) in [6, 6.07) is 1.91. The van der Waals surface area contributed by atoms with Crippen LogP contribution in [0.2, 0.25) is 0 Å². The average Bonchev–Trinajstić information content (AvgIpc) is 3.74. The molecular weight excluding hydrogens is 683 g/mol. The molecule has 1 saturated heterocycles. The van der Waals surface area contributed by atoms with Crippen LogP contribution in [0.1, 0.15) is 123 Å². The molecule has 6 nitrogen and oxygen atoms in total. The summed E-state index contributed by atoms with van der Waals surface area (Å²) in [7, 11) is 0. The molecule has 8 heteroatoms. The van der Waals surface area contributed by atoms with E-state index in [1.165, 1.54) is 118 Å². The minimum absolute atomic E-state index is 0.0693. The van der Waals surface area contributed by atoms with Crippen LogP contribution in [-0.2, 0) is 4.79 Å². The zero-order valence-electron chi connectivity index (χ0n) is 33.2. The van der Waals surface area contributed by atoms with E-state index in [1.54, 1.807) is 0 Å². The van der Waals surface area contributed by atoms with Crippen molar-refractivity contribution in [3.05, 3.63) is 34.2 Å². The number of carbonyl (C=O) groups is 1. The lowest BCUT2D eigenvalue weighted by Crippen LogP contribution is -2.67. The predicted molar refractivity (Wildman–Crippen MR) is 215 cm³/mol. The monoisotopic (exact) mass is 749 g/mol. The second kappa shape index (κ2) is 13.7. The number of nitrogens with zero attached hydrogens (tertiary/aromatic N) is 2. The zero-order valence-corrected chi connectivity index (χ0v) is 34.8. The van der Waals surface area contributed by atoms with Crippen LogP contribution in [0, 0.1) is 57.7 Å². The van der Waals surface area contributed by atoms with Gasteiger partial charge >= 0.3 is 5.97 Å². The molecule has 6 aliphatic carbocycles. The number of allylic oxidation sites excluding steroid dienone is 4. The maximum absolute atomic E-state index is 12.7. The van der Waals surface area contributed by atoms with Crippen molar-refractivity contribution < 1.29 is 14.6 Å². The lowest BCUT2D eigenvalue weighted by atomic mass is 9.33. The van der Waals surface area contributed by atoms with Gasteiger partial charge in [-0.05, 0) is 152 Å². The number of aliphatic carboxylic acids is 1. The van der Waals surface area contributed by atoms with E-state index in [1.807, 2.05) is 13.0 Å². The number of aromatic nitrogens is 1. The third kappa shape index (κ3) is 5.92. The highest BCUT2D eigenvalue weighted by atomic mass is 32.2. The van der Waals surface area contributed by atoms with Gasteiger partial charge < -0.3 is 20.1 Å². The molecule has 0 spiro atoms. The maximum Gasteiger partial charge on any atom is 0.313 e. The molecule has 7 aliphatic rings. The number of hydrogen-bond donors (Lipinski definition) is 2. The first-order valence-electron chi connectivity index (χ1n) is 21.0. The molecule has 288 valence electrons. The molecule has 2 heterocycles. The fourth-order valence-electron chi connectivity index (χ4n) is 14.5. The highest BCUT2D eigenvalue weighted by Crippen LogP contribution is 2.76. The minimum Gasteiger partial charge on any atom is -0.481 e. The van der Waals surface area contributed by atoms with Gasteiger partial charge in [0.1, 0.15) is 12.0 Å². The molecule has 0 radical (unpaired) electrons. The van der Waals surface area contributed by atoms with Crippen molar-refractivity contribution in [3.8, 4) is 5.88 Å². The zero-order chi connectivity index (χ0) is 36.6. The number of ether oxygens (including phenoxy) is 1. The Kier molecular flexibility index (Phi) is 9.89. The normalized spacial score (nSPS) is 43.0. The summed E-state index contributed by atoms with van der Waals surface area (Å²) in [5.41, 5.74) is 3.54. The van der Waals surface area contributed by atoms with Gasteiger partial charge in [-0.25, -0.2) is 0 Å². The average molecular weight is 750 g/mol. The predicted octanol–water partition coefficient (Wildman–Crippen LogP) is 9.79. The number of hydrogen-bond acceptors (Lipinski definition) is 7. The smallest absolute Gasteiger partial charge is 0.313 e. The maximum atomic E-state index is 12.7. The van der Waals surface area contributed by atoms with Crippen LogP contribution >= 0.6 is 23.3 Å². The number of fused-ring (bicyclic) bond motifs is 7. The Morgan fingerprint density at radius 2 is 1.75 bits per heavy atom. The van der Waals surface area contributed by atoms with Gasteiger partial charge in [-0.3, -0.25) is 4.79 Å². The quantitative estimate of drug-likeness (QED) is 0.261. The van der Waals surface area contributed by atoms with Gasteiger partial charge in [0.05, 0.1) is 0 Å². The summed E-state index contributed by atoms with van der Waals surface area (Å²) in [4.78, 5) is 16.4. The van der Waals surface area contributed by atoms with Gasteiger partial charge in [0.15, 0.2) is 0 Å². The van der Waals surface area contributed by atoms with Crippen molar-refractivity contribution >= 4 is 29.3 Å². The van der Waals surface area contributed by atoms with E-state index in [4.69, 9.17) is 4.74 Å². The summed E-state index contributed by atoms with van der Waals surface area (Å²) in [6.07, 6.45) is 20.5. The molecule has 1 aromatic rings. The van der Waals surface area contributed by atoms with Crippen molar-refractivity contribution in [3.63, 3.8) is 0 Å². The summed E-state index contributed by atoms with van der Waals surface area (Å²) in [6.45, 7) is 20.4. The fraction of sp³-hybridized carbons (Fsp3) is 0.818. The topological polar surface area (TPSA) is 74.7 Å². The Balaban J connectivity index is 0.989. The summed E-state index contributed by atoms with van der Waals surface area (Å²) < 4.78 is 10.3. The molecule has 9 atom stereocenters. The first kappa shape index (κ1) is 37.6. The molecule has 8 rings (SSSR count). The van der Waals surface area contributed by atoms with Gasteiger partial charge in [0, 0.05) is 54.2 Å². The number of nitrogens with one attached hydrogen (secondary N) is 1. The van der Waals surface area contributed by atoms with Crippen LogP contribution in [0.3, 0.4) is 0 Å². The van der Waals surface area contributed by atoms with Crippen molar-refractivity contribution in [1.82, 2.24) is 14.6 Å². The van der Waals surface area contributed by atoms with E-state index >= 15 is 0 Å². The lowest BCUT2D eigenvalue weighted by molar-refractivity contribution is -0.218. The van der Waals surface area contributed by atoms with Crippen LogP contribution in [0.15, 0.2) is 29.4 Å². The number of rotatable bonds is 9. The van der Waals surface area contributed by atoms with Crippen LogP contribution < -0.4 is 10.1 Å². The Hall–Kier alpha value is -1.35. The van der Waals surface area contributed by atoms with Gasteiger partial charge in [-0.15, -0.1) is 0 Å². The van der Waals surface area contributed by atoms with Crippen LogP contribution in [-0.4, -0.2) is 70.2 Å². The van der Waals surface area contributed by atoms with Crippen molar-refractivity contribution in [2.24, 2.45) is 50.7 Å². The standard InChI is InChI=1S/C44H67N3O3S2/c1-30-28-37(46-52-30)50-29-43(38(48)49)18-11-31(12-19-43)32-13-16-40(4)35(39(32,2)3)14-17-42(6)36(40)10-9-33-34-8-7-15-44(34,21-20-41(33,42)5)45-22-23-47-24-26-51-27-25-47/h11,13,28,33-36,45H,7-10,12,14-27,29H2,1-6H3,(H,48,49)/t33-,34-,35?,36?,40+,41-,42-,43?,44+/m1/s1. The van der Waals surface area contributed by atoms with Crippen molar-refractivity contribution in [2.45, 2.75) is 131 Å². The third-order valence-electron chi connectivity index (χ3n) is 17.5. The second-order valence-corrected chi connectivity index (χ2v) is 22.1. The second-order valence-electron chi connectivity index (χ2n) is 19.8. The fourth-order valence-corrected chi connectivity index (χ4v) is 15.9. The van der Waals surface area contributed by atoms with Gasteiger partial charge in [-0.1, -0.05) is 53.2 Å². The van der Waals surface area contributed by atoms with Gasteiger partial charge in [0.25, 0.3) is 0 Å². The Bertz CT molecular complexity index is 1580. The van der Waals surface area contributed by atoms with Crippen molar-refractivity contribution in [1.29, 1.82) is 0 Å². The molecule has 52 heavy (non-hydrogen) atoms. The number of carboxylic acids is 1. The van der Waals surface area contributed by atoms with E-state index in [2.05, 4.69) is 73.1 Å². The van der Waals surface area contributed by atoms with E-state index in [0.717, 1.165) is 35.5 Å². The molecule has 5 fully saturated rings. The highest BCUT2D eigenvalue weighted by molar-refractivity contribution is 7.99. The van der Waals surface area contributed by atoms with Crippen LogP contribution in [0.25, 0.3) is 0 Å². The highest BCUT2D eigenvalue weighted by Gasteiger charge is 2.69. The molecule has 1 aromatic heterocycles. The summed E-state index contributed by atoms with van der Waals surface area (Å²) >= 11 is 3.52. The molecule has 0 amide bonds. The lowest BCUT2D eigenvalue weighted by Gasteiger charge is -2.72. The first-order chi connectivity index (χ1) is 24.8. The van der Waals surface area contributed by atoms with Gasteiger partial charge in [0.2, 0.25) is 5.88 Å². The Labute approximate surface area is 322 Å². The largest absolute Gasteiger partial charge is 0.481 e. The molecule has 4 saturated carbocycles. The molecule has 0 aromatic carbocycles. The number of carboxylic acid groups (broad SMARTS) is 1. The van der Waals surface area contributed by atoms with E-state index in [0.29, 0.717) is 46.4 Å². The van der Waals surface area contributed by atoms with Crippen molar-refractivity contribution in [2.75, 3.05) is 44.3 Å². The molecular formula is C44H67N3O3S2. The van der Waals surface area contributed by atoms with E-state index in [9.17, 15) is 9.90 Å². The SMILES string of the molecule is Cc1cc(OCC2(C(=O)O)CC=C(C3=CC[C@@]4(C)C(CC[C@]5(C)C4CC[C@@H]4[C@H]6CCC[C@]6(NCCN6CCSCC6)CC[C@]45C)C3(C)C)CC2)ns1. The van der Waals surface area contributed by atoms with E-state index < -0.39 is 11.4 Å². The molecule has 0 bridgehead atoms. The summed E-state index contributed by atoms with van der Waals surface area (Å²) in [5.74, 6) is 5.49. The Morgan fingerprint density at radius 1 is 0.942 bits per heavy atom. The summed E-state index contributed by atoms with van der Waals surface area (Å²) in [5, 5.41) is 14.7. The molecule has 1 aliphatic heterocycles. The number of thioether (sulfide) groups is 1. The van der Waals surface area contributed by atoms with Crippen LogP contribution in [0.4, 0.5) is 0 Å². The minimum atomic E-state index is -0.894. The molecule has 2 N–H and O–H groups in total. The van der Waals surface area contributed by atoms with Crippen LogP contribution in [0.5, 0.6) is 5.88 Å². The third-order valence-corrected chi connectivity index (χ3v) is 19.1.